The van der Waals surface area contributed by atoms with Gasteiger partial charge in [-0.25, -0.2) is 4.98 Å². The molecule has 0 saturated carbocycles. The topological polar surface area (TPSA) is 95.3 Å². The molecule has 0 bridgehead atoms. The average Bonchev–Trinajstić information content (AvgIpc) is 2.56. The summed E-state index contributed by atoms with van der Waals surface area (Å²) in [6.45, 7) is 3.33. The van der Waals surface area contributed by atoms with E-state index in [1.54, 1.807) is 11.6 Å². The van der Waals surface area contributed by atoms with Crippen LogP contribution in [0.2, 0.25) is 0 Å². The summed E-state index contributed by atoms with van der Waals surface area (Å²) in [5, 5.41) is 14.8. The van der Waals surface area contributed by atoms with Gasteiger partial charge in [0.05, 0.1) is 4.92 Å². The highest BCUT2D eigenvalue weighted by atomic mass is 16.6. The van der Waals surface area contributed by atoms with Gasteiger partial charge < -0.3 is 0 Å². The zero-order valence-corrected chi connectivity index (χ0v) is 9.67. The van der Waals surface area contributed by atoms with Crippen molar-refractivity contribution in [2.75, 3.05) is 0 Å². The molecular formula is C9H11N5O3. The van der Waals surface area contributed by atoms with E-state index in [2.05, 4.69) is 10.1 Å². The summed E-state index contributed by atoms with van der Waals surface area (Å²) in [7, 11) is 1.72. The second kappa shape index (κ2) is 3.65. The third kappa shape index (κ3) is 1.49. The van der Waals surface area contributed by atoms with E-state index in [0.717, 1.165) is 4.52 Å². The fourth-order valence-electron chi connectivity index (χ4n) is 1.72. The molecule has 17 heavy (non-hydrogen) atoms. The first kappa shape index (κ1) is 11.2. The zero-order valence-electron chi connectivity index (χ0n) is 9.67. The Hall–Kier alpha value is -2.25. The Morgan fingerprint density at radius 2 is 2.12 bits per heavy atom. The minimum atomic E-state index is -0.743. The van der Waals surface area contributed by atoms with Gasteiger partial charge >= 0.3 is 11.2 Å². The van der Waals surface area contributed by atoms with Crippen LogP contribution < -0.4 is 5.56 Å². The second-order valence-electron chi connectivity index (χ2n) is 3.65. The molecule has 2 rings (SSSR count). The maximum Gasteiger partial charge on any atom is 0.357 e. The van der Waals surface area contributed by atoms with Gasteiger partial charge in [0.2, 0.25) is 5.78 Å². The highest BCUT2D eigenvalue weighted by Crippen LogP contribution is 2.11. The van der Waals surface area contributed by atoms with Gasteiger partial charge in [-0.2, -0.15) is 4.52 Å². The molecule has 2 aromatic rings. The minimum absolute atomic E-state index is 0.102. The van der Waals surface area contributed by atoms with Crippen molar-refractivity contribution in [3.8, 4) is 0 Å². The van der Waals surface area contributed by atoms with Gasteiger partial charge in [-0.05, 0) is 6.92 Å². The van der Waals surface area contributed by atoms with Crippen molar-refractivity contribution in [2.45, 2.75) is 20.3 Å². The Morgan fingerprint density at radius 3 is 2.65 bits per heavy atom. The summed E-state index contributed by atoms with van der Waals surface area (Å²) in [6, 6.07) is 0. The number of hydrogen-bond donors (Lipinski definition) is 0. The molecule has 8 heteroatoms. The van der Waals surface area contributed by atoms with Gasteiger partial charge in [0, 0.05) is 13.5 Å². The lowest BCUT2D eigenvalue weighted by Crippen LogP contribution is -2.20. The van der Waals surface area contributed by atoms with E-state index in [9.17, 15) is 14.9 Å². The molecule has 90 valence electrons. The van der Waals surface area contributed by atoms with Gasteiger partial charge in [0.1, 0.15) is 11.5 Å². The lowest BCUT2D eigenvalue weighted by Gasteiger charge is -1.98. The van der Waals surface area contributed by atoms with Crippen LogP contribution >= 0.6 is 0 Å². The second-order valence-corrected chi connectivity index (χ2v) is 3.65. The number of nitrogens with zero attached hydrogens (tertiary/aromatic N) is 5. The van der Waals surface area contributed by atoms with Crippen LogP contribution in [0, 0.1) is 17.0 Å². The Kier molecular flexibility index (Phi) is 2.41. The summed E-state index contributed by atoms with van der Waals surface area (Å²) in [5.41, 5.74) is -1.17. The van der Waals surface area contributed by atoms with E-state index in [1.165, 1.54) is 6.92 Å². The molecule has 0 spiro atoms. The highest BCUT2D eigenvalue weighted by molar-refractivity contribution is 5.40. The highest BCUT2D eigenvalue weighted by Gasteiger charge is 2.23. The quantitative estimate of drug-likeness (QED) is 0.549. The zero-order chi connectivity index (χ0) is 12.7. The number of aryl methyl sites for hydroxylation is 3. The molecule has 0 radical (unpaired) electrons. The van der Waals surface area contributed by atoms with Crippen molar-refractivity contribution in [2.24, 2.45) is 7.05 Å². The van der Waals surface area contributed by atoms with Crippen LogP contribution in [0.5, 0.6) is 0 Å². The number of hydrogen-bond acceptors (Lipinski definition) is 5. The van der Waals surface area contributed by atoms with Crippen LogP contribution in [-0.4, -0.2) is 24.1 Å². The molecular weight excluding hydrogens is 226 g/mol. The molecule has 0 aromatic carbocycles. The summed E-state index contributed by atoms with van der Waals surface area (Å²) in [4.78, 5) is 26.0. The van der Waals surface area contributed by atoms with Crippen LogP contribution in [0.1, 0.15) is 18.4 Å². The monoisotopic (exact) mass is 237 g/mol. The van der Waals surface area contributed by atoms with Crippen molar-refractivity contribution >= 4 is 11.5 Å². The largest absolute Gasteiger partial charge is 0.357 e. The third-order valence-electron chi connectivity index (χ3n) is 2.60. The van der Waals surface area contributed by atoms with Gasteiger partial charge in [-0.15, -0.1) is 5.10 Å². The Morgan fingerprint density at radius 1 is 1.47 bits per heavy atom. The molecule has 0 amide bonds. The summed E-state index contributed by atoms with van der Waals surface area (Å²) in [5.74, 6) is 0.962. The molecule has 2 heterocycles. The first-order valence-electron chi connectivity index (χ1n) is 5.07. The molecule has 0 unspecified atom stereocenters. The van der Waals surface area contributed by atoms with Gasteiger partial charge in [0.15, 0.2) is 0 Å². The molecule has 0 aliphatic carbocycles. The smallest absolute Gasteiger partial charge is 0.300 e. The normalized spacial score (nSPS) is 11.0. The predicted octanol–water partition coefficient (Wildman–Crippen LogP) is 0.207. The van der Waals surface area contributed by atoms with Crippen molar-refractivity contribution in [1.29, 1.82) is 0 Å². The summed E-state index contributed by atoms with van der Waals surface area (Å²) < 4.78 is 2.63. The van der Waals surface area contributed by atoms with Crippen molar-refractivity contribution < 1.29 is 4.92 Å². The Balaban J connectivity index is 2.94. The van der Waals surface area contributed by atoms with Crippen molar-refractivity contribution in [1.82, 2.24) is 19.2 Å². The van der Waals surface area contributed by atoms with Crippen molar-refractivity contribution in [3.63, 3.8) is 0 Å². The van der Waals surface area contributed by atoms with Crippen LogP contribution in [0.4, 0.5) is 5.69 Å². The molecule has 0 saturated heterocycles. The fraction of sp³-hybridized carbons (Fsp3) is 0.444. The van der Waals surface area contributed by atoms with E-state index in [4.69, 9.17) is 0 Å². The maximum atomic E-state index is 11.9. The van der Waals surface area contributed by atoms with E-state index in [-0.39, 0.29) is 5.69 Å². The van der Waals surface area contributed by atoms with Gasteiger partial charge in [-0.3, -0.25) is 19.5 Å². The number of fused-ring (bicyclic) bond motifs is 1. The number of rotatable bonds is 2. The lowest BCUT2D eigenvalue weighted by atomic mass is 10.4. The standard InChI is InChI=1S/C9H11N5O3/c1-4-6-11-13-8(15)7(14(16)17)5(2)10-9(13)12(6)3/h4H2,1-3H3. The van der Waals surface area contributed by atoms with Crippen LogP contribution in [-0.2, 0) is 13.5 Å². The minimum Gasteiger partial charge on any atom is -0.300 e. The van der Waals surface area contributed by atoms with E-state index >= 15 is 0 Å². The molecule has 0 atom stereocenters. The van der Waals surface area contributed by atoms with Crippen LogP contribution in [0.25, 0.3) is 5.78 Å². The predicted molar refractivity (Wildman–Crippen MR) is 59.0 cm³/mol. The number of nitro groups is 1. The molecule has 0 N–H and O–H groups in total. The molecule has 0 aliphatic heterocycles. The van der Waals surface area contributed by atoms with Crippen LogP contribution in [0.3, 0.4) is 0 Å². The van der Waals surface area contributed by atoms with E-state index in [1.807, 2.05) is 6.92 Å². The van der Waals surface area contributed by atoms with E-state index in [0.29, 0.717) is 18.0 Å². The fourth-order valence-corrected chi connectivity index (χ4v) is 1.72. The molecule has 2 aromatic heterocycles. The first-order valence-corrected chi connectivity index (χ1v) is 5.07. The van der Waals surface area contributed by atoms with Crippen LogP contribution in [0.15, 0.2) is 4.79 Å². The van der Waals surface area contributed by atoms with E-state index < -0.39 is 16.2 Å². The third-order valence-corrected chi connectivity index (χ3v) is 2.60. The van der Waals surface area contributed by atoms with Gasteiger partial charge in [0.25, 0.3) is 0 Å². The van der Waals surface area contributed by atoms with Gasteiger partial charge in [-0.1, -0.05) is 6.92 Å². The Bertz CT molecular complexity index is 669. The lowest BCUT2D eigenvalue weighted by molar-refractivity contribution is -0.387. The number of aromatic nitrogens is 4. The SMILES string of the molecule is CCc1nn2c(=O)c([N+](=O)[O-])c(C)nc2n1C. The first-order chi connectivity index (χ1) is 7.97. The molecule has 0 fully saturated rings. The maximum absolute atomic E-state index is 11.9. The molecule has 0 aliphatic rings. The van der Waals surface area contributed by atoms with Crippen molar-refractivity contribution in [3.05, 3.63) is 32.0 Å². The summed E-state index contributed by atoms with van der Waals surface area (Å²) >= 11 is 0. The summed E-state index contributed by atoms with van der Waals surface area (Å²) in [6.07, 6.45) is 0.617. The Labute approximate surface area is 95.7 Å². The average molecular weight is 237 g/mol. The molecule has 8 nitrogen and oxygen atoms in total.